The summed E-state index contributed by atoms with van der Waals surface area (Å²) in [5.74, 6) is 0.202. The lowest BCUT2D eigenvalue weighted by Gasteiger charge is -2.17. The summed E-state index contributed by atoms with van der Waals surface area (Å²) < 4.78 is 0. The Morgan fingerprint density at radius 3 is 2.47 bits per heavy atom. The van der Waals surface area contributed by atoms with E-state index in [9.17, 15) is 10.2 Å². The number of nitrogens with zero attached hydrogens (tertiary/aromatic N) is 1. The van der Waals surface area contributed by atoms with Gasteiger partial charge in [0.2, 0.25) is 0 Å². The topological polar surface area (TPSA) is 52.8 Å². The van der Waals surface area contributed by atoms with E-state index in [0.717, 1.165) is 11.1 Å². The largest absolute Gasteiger partial charge is 0.508 e. The van der Waals surface area contributed by atoms with Gasteiger partial charge in [-0.1, -0.05) is 30.3 Å². The predicted octanol–water partition coefficient (Wildman–Crippen LogP) is 2.90. The lowest BCUT2D eigenvalue weighted by Crippen LogP contribution is -2.22. The summed E-state index contributed by atoms with van der Waals surface area (Å²) in [5, 5.41) is 19.3. The second-order valence-electron chi connectivity index (χ2n) is 4.40. The normalized spacial score (nSPS) is 19.4. The predicted molar refractivity (Wildman–Crippen MR) is 75.8 cm³/mol. The van der Waals surface area contributed by atoms with Gasteiger partial charge in [0.15, 0.2) is 0 Å². The van der Waals surface area contributed by atoms with Crippen LogP contribution < -0.4 is 0 Å². The molecule has 0 saturated carbocycles. The van der Waals surface area contributed by atoms with Crippen molar-refractivity contribution in [1.29, 1.82) is 0 Å². The fraction of sp³-hybridized carbons (Fsp3) is 0.0625. The summed E-state index contributed by atoms with van der Waals surface area (Å²) in [6.07, 6.45) is 2.92. The molecule has 1 aliphatic carbocycles. The third kappa shape index (κ3) is 2.28. The zero-order valence-corrected chi connectivity index (χ0v) is 10.2. The van der Waals surface area contributed by atoms with Crippen molar-refractivity contribution in [3.05, 3.63) is 65.7 Å². The van der Waals surface area contributed by atoms with Gasteiger partial charge < -0.3 is 10.2 Å². The molecule has 0 aliphatic heterocycles. The number of aliphatic hydroxyl groups is 1. The van der Waals surface area contributed by atoms with E-state index in [1.54, 1.807) is 30.3 Å². The fourth-order valence-electron chi connectivity index (χ4n) is 2.11. The van der Waals surface area contributed by atoms with Crippen molar-refractivity contribution in [2.24, 2.45) is 4.99 Å². The fourth-order valence-corrected chi connectivity index (χ4v) is 2.11. The molecule has 2 aromatic carbocycles. The van der Waals surface area contributed by atoms with Crippen LogP contribution in [0.1, 0.15) is 11.1 Å². The molecule has 0 spiro atoms. The van der Waals surface area contributed by atoms with Gasteiger partial charge in [-0.3, -0.25) is 0 Å². The van der Waals surface area contributed by atoms with E-state index in [1.165, 1.54) is 0 Å². The van der Waals surface area contributed by atoms with E-state index in [4.69, 9.17) is 0 Å². The van der Waals surface area contributed by atoms with Crippen molar-refractivity contribution in [3.63, 3.8) is 0 Å². The molecular weight excluding hydrogens is 238 g/mol. The summed E-state index contributed by atoms with van der Waals surface area (Å²) in [4.78, 5) is 4.49. The van der Waals surface area contributed by atoms with Crippen LogP contribution in [-0.2, 0) is 0 Å². The molecule has 1 aliphatic rings. The zero-order chi connectivity index (χ0) is 13.2. The Bertz CT molecular complexity index is 657. The Hall–Kier alpha value is -2.39. The van der Waals surface area contributed by atoms with E-state index in [-0.39, 0.29) is 5.75 Å². The van der Waals surface area contributed by atoms with Crippen molar-refractivity contribution < 1.29 is 10.2 Å². The van der Waals surface area contributed by atoms with Gasteiger partial charge in [0, 0.05) is 5.56 Å². The molecule has 3 rings (SSSR count). The second-order valence-corrected chi connectivity index (χ2v) is 4.40. The highest BCUT2D eigenvalue weighted by Gasteiger charge is 2.18. The molecule has 3 heteroatoms. The average Bonchev–Trinajstić information content (AvgIpc) is 2.44. The monoisotopic (exact) mass is 251 g/mol. The van der Waals surface area contributed by atoms with Crippen LogP contribution in [0.3, 0.4) is 0 Å². The molecular formula is C16H13NO2. The number of phenolic OH excluding ortho intramolecular Hbond substituents is 1. The summed E-state index contributed by atoms with van der Waals surface area (Å²) in [5.41, 5.74) is 3.32. The van der Waals surface area contributed by atoms with Crippen LogP contribution in [0.5, 0.6) is 5.75 Å². The highest BCUT2D eigenvalue weighted by Crippen LogP contribution is 2.24. The Morgan fingerprint density at radius 1 is 0.947 bits per heavy atom. The van der Waals surface area contributed by atoms with Crippen molar-refractivity contribution >= 4 is 17.5 Å². The third-order valence-electron chi connectivity index (χ3n) is 3.07. The molecule has 0 fully saturated rings. The number of fused-ring (bicyclic) bond motifs is 1. The van der Waals surface area contributed by atoms with Crippen LogP contribution >= 0.6 is 0 Å². The summed E-state index contributed by atoms with van der Waals surface area (Å²) in [7, 11) is 0. The van der Waals surface area contributed by atoms with Crippen LogP contribution in [0, 0.1) is 0 Å². The van der Waals surface area contributed by atoms with E-state index >= 15 is 0 Å². The van der Waals surface area contributed by atoms with Crippen molar-refractivity contribution in [2.75, 3.05) is 0 Å². The van der Waals surface area contributed by atoms with Crippen LogP contribution in [0.2, 0.25) is 0 Å². The van der Waals surface area contributed by atoms with Crippen molar-refractivity contribution in [1.82, 2.24) is 0 Å². The molecule has 2 aromatic rings. The smallest absolute Gasteiger partial charge is 0.115 e. The lowest BCUT2D eigenvalue weighted by molar-refractivity contribution is 0.289. The standard InChI is InChI=1S/C16H13NO2/c18-13-8-6-12(7-9-13)17-16-14-4-2-1-3-11(14)5-10-15(16)19/h1-10,15,18-19H. The zero-order valence-electron chi connectivity index (χ0n) is 10.2. The molecule has 3 nitrogen and oxygen atoms in total. The minimum atomic E-state index is -0.705. The first-order valence-corrected chi connectivity index (χ1v) is 6.07. The molecule has 0 saturated heterocycles. The van der Waals surface area contributed by atoms with E-state index in [1.807, 2.05) is 30.3 Å². The number of aliphatic imine (C=N–C) groups is 1. The molecule has 1 atom stereocenters. The Kier molecular flexibility index (Phi) is 2.89. The van der Waals surface area contributed by atoms with Gasteiger partial charge in [-0.15, -0.1) is 0 Å². The first-order valence-electron chi connectivity index (χ1n) is 6.07. The molecule has 19 heavy (non-hydrogen) atoms. The average molecular weight is 251 g/mol. The Balaban J connectivity index is 2.08. The van der Waals surface area contributed by atoms with Crippen LogP contribution in [0.25, 0.3) is 6.08 Å². The molecule has 0 amide bonds. The molecule has 0 aromatic heterocycles. The number of benzene rings is 2. The molecule has 0 radical (unpaired) electrons. The quantitative estimate of drug-likeness (QED) is 0.818. The van der Waals surface area contributed by atoms with E-state index < -0.39 is 6.10 Å². The Morgan fingerprint density at radius 2 is 1.68 bits per heavy atom. The maximum absolute atomic E-state index is 10.1. The van der Waals surface area contributed by atoms with Gasteiger partial charge in [-0.2, -0.15) is 0 Å². The number of aliphatic hydroxyl groups excluding tert-OH is 1. The number of hydrogen-bond acceptors (Lipinski definition) is 3. The first-order chi connectivity index (χ1) is 9.24. The van der Waals surface area contributed by atoms with Crippen LogP contribution in [0.15, 0.2) is 59.6 Å². The summed E-state index contributed by atoms with van der Waals surface area (Å²) >= 11 is 0. The molecule has 0 heterocycles. The SMILES string of the molecule is Oc1ccc(N=C2c3ccccc3C=CC2O)cc1. The first kappa shape index (κ1) is 11.7. The number of hydrogen-bond donors (Lipinski definition) is 2. The van der Waals surface area contributed by atoms with Gasteiger partial charge in [0.1, 0.15) is 11.9 Å². The number of phenols is 1. The number of aromatic hydroxyl groups is 1. The van der Waals surface area contributed by atoms with Gasteiger partial charge in [-0.25, -0.2) is 4.99 Å². The maximum Gasteiger partial charge on any atom is 0.115 e. The molecule has 2 N–H and O–H groups in total. The lowest BCUT2D eigenvalue weighted by atomic mass is 9.93. The summed E-state index contributed by atoms with van der Waals surface area (Å²) in [6, 6.07) is 14.4. The second kappa shape index (κ2) is 4.71. The van der Waals surface area contributed by atoms with Gasteiger partial charge in [-0.05, 0) is 35.9 Å². The highest BCUT2D eigenvalue weighted by molar-refractivity contribution is 6.10. The molecule has 94 valence electrons. The highest BCUT2D eigenvalue weighted by atomic mass is 16.3. The van der Waals surface area contributed by atoms with E-state index in [2.05, 4.69) is 4.99 Å². The third-order valence-corrected chi connectivity index (χ3v) is 3.07. The maximum atomic E-state index is 10.1. The molecule has 0 bridgehead atoms. The van der Waals surface area contributed by atoms with Gasteiger partial charge in [0.05, 0.1) is 11.4 Å². The number of rotatable bonds is 1. The van der Waals surface area contributed by atoms with Crippen molar-refractivity contribution in [3.8, 4) is 5.75 Å². The van der Waals surface area contributed by atoms with Crippen LogP contribution in [-0.4, -0.2) is 22.0 Å². The van der Waals surface area contributed by atoms with E-state index in [0.29, 0.717) is 11.4 Å². The minimum Gasteiger partial charge on any atom is -0.508 e. The summed E-state index contributed by atoms with van der Waals surface area (Å²) in [6.45, 7) is 0. The van der Waals surface area contributed by atoms with Gasteiger partial charge in [0.25, 0.3) is 0 Å². The molecule has 1 unspecified atom stereocenters. The minimum absolute atomic E-state index is 0.202. The Labute approximate surface area is 111 Å². The van der Waals surface area contributed by atoms with Gasteiger partial charge >= 0.3 is 0 Å². The van der Waals surface area contributed by atoms with Crippen molar-refractivity contribution in [2.45, 2.75) is 6.10 Å². The van der Waals surface area contributed by atoms with Crippen LogP contribution in [0.4, 0.5) is 5.69 Å².